The Kier molecular flexibility index (Phi) is 3.59. The van der Waals surface area contributed by atoms with Crippen LogP contribution in [0.4, 0.5) is 5.69 Å². The molecule has 1 aliphatic heterocycles. The van der Waals surface area contributed by atoms with Crippen LogP contribution < -0.4 is 10.6 Å². The van der Waals surface area contributed by atoms with Crippen molar-refractivity contribution in [3.63, 3.8) is 0 Å². The summed E-state index contributed by atoms with van der Waals surface area (Å²) in [5.41, 5.74) is 1.18. The van der Waals surface area contributed by atoms with Gasteiger partial charge in [-0.15, -0.1) is 0 Å². The number of ether oxygens (including phenoxy) is 1. The third kappa shape index (κ3) is 2.70. The van der Waals surface area contributed by atoms with Gasteiger partial charge in [0.2, 0.25) is 0 Å². The maximum Gasteiger partial charge on any atom is 0.0623 e. The van der Waals surface area contributed by atoms with Gasteiger partial charge in [0.25, 0.3) is 0 Å². The van der Waals surface area contributed by atoms with Gasteiger partial charge in [0.05, 0.1) is 13.2 Å². The molecule has 1 heterocycles. The maximum atomic E-state index is 5.45. The predicted molar refractivity (Wildman–Crippen MR) is 62.1 cm³/mol. The van der Waals surface area contributed by atoms with E-state index in [2.05, 4.69) is 22.8 Å². The second-order valence-electron chi connectivity index (χ2n) is 3.94. The zero-order chi connectivity index (χ0) is 10.5. The Morgan fingerprint density at radius 2 is 2.07 bits per heavy atom. The molecule has 2 atom stereocenters. The third-order valence-electron chi connectivity index (χ3n) is 2.91. The number of nitrogens with one attached hydrogen (secondary N) is 2. The first kappa shape index (κ1) is 10.5. The molecule has 1 fully saturated rings. The van der Waals surface area contributed by atoms with E-state index in [9.17, 15) is 0 Å². The van der Waals surface area contributed by atoms with Gasteiger partial charge < -0.3 is 15.4 Å². The van der Waals surface area contributed by atoms with Crippen LogP contribution in [0, 0.1) is 5.92 Å². The van der Waals surface area contributed by atoms with Crippen LogP contribution in [0.1, 0.15) is 0 Å². The Bertz CT molecular complexity index is 289. The van der Waals surface area contributed by atoms with Crippen molar-refractivity contribution in [2.45, 2.75) is 6.04 Å². The van der Waals surface area contributed by atoms with Gasteiger partial charge in [0.15, 0.2) is 0 Å². The Balaban J connectivity index is 1.83. The lowest BCUT2D eigenvalue weighted by Crippen LogP contribution is -2.36. The fourth-order valence-electron chi connectivity index (χ4n) is 1.92. The number of hydrogen-bond acceptors (Lipinski definition) is 3. The molecule has 3 nitrogen and oxygen atoms in total. The Morgan fingerprint density at radius 1 is 1.27 bits per heavy atom. The molecule has 1 aliphatic rings. The van der Waals surface area contributed by atoms with Crippen LogP contribution in [0.2, 0.25) is 0 Å². The van der Waals surface area contributed by atoms with Gasteiger partial charge in [-0.1, -0.05) is 18.2 Å². The maximum absolute atomic E-state index is 5.45. The van der Waals surface area contributed by atoms with Crippen molar-refractivity contribution in [1.82, 2.24) is 5.32 Å². The molecule has 2 unspecified atom stereocenters. The number of para-hydroxylation sites is 1. The summed E-state index contributed by atoms with van der Waals surface area (Å²) < 4.78 is 5.45. The van der Waals surface area contributed by atoms with Crippen LogP contribution in [0.25, 0.3) is 0 Å². The minimum atomic E-state index is 0.487. The molecule has 0 saturated carbocycles. The second kappa shape index (κ2) is 5.14. The van der Waals surface area contributed by atoms with Gasteiger partial charge >= 0.3 is 0 Å². The lowest BCUT2D eigenvalue weighted by atomic mass is 10.0. The van der Waals surface area contributed by atoms with Gasteiger partial charge in [0.1, 0.15) is 0 Å². The number of likely N-dealkylation sites (N-methyl/N-ethyl adjacent to an activating group) is 1. The highest BCUT2D eigenvalue weighted by molar-refractivity contribution is 5.42. The molecule has 0 amide bonds. The summed E-state index contributed by atoms with van der Waals surface area (Å²) in [5.74, 6) is 0.565. The standard InChI is InChI=1S/C12H18N2O/c1-13-12-9-15-8-10(12)7-14-11-5-3-2-4-6-11/h2-6,10,12-14H,7-9H2,1H3. The van der Waals surface area contributed by atoms with E-state index < -0.39 is 0 Å². The van der Waals surface area contributed by atoms with Gasteiger partial charge in [-0.05, 0) is 19.2 Å². The van der Waals surface area contributed by atoms with E-state index in [1.807, 2.05) is 25.2 Å². The number of rotatable bonds is 4. The Labute approximate surface area is 90.8 Å². The average Bonchev–Trinajstić information content (AvgIpc) is 2.75. The van der Waals surface area contributed by atoms with Gasteiger partial charge in [-0.2, -0.15) is 0 Å². The molecule has 15 heavy (non-hydrogen) atoms. The van der Waals surface area contributed by atoms with Gasteiger partial charge in [-0.25, -0.2) is 0 Å². The van der Waals surface area contributed by atoms with Crippen molar-refractivity contribution >= 4 is 5.69 Å². The Morgan fingerprint density at radius 3 is 2.80 bits per heavy atom. The highest BCUT2D eigenvalue weighted by Crippen LogP contribution is 2.14. The van der Waals surface area contributed by atoms with Crippen molar-refractivity contribution in [1.29, 1.82) is 0 Å². The van der Waals surface area contributed by atoms with E-state index in [1.54, 1.807) is 0 Å². The summed E-state index contributed by atoms with van der Waals surface area (Å²) in [6.45, 7) is 2.65. The molecule has 0 radical (unpaired) electrons. The lowest BCUT2D eigenvalue weighted by Gasteiger charge is -2.17. The minimum absolute atomic E-state index is 0.487. The largest absolute Gasteiger partial charge is 0.385 e. The van der Waals surface area contributed by atoms with Crippen molar-refractivity contribution in [2.75, 3.05) is 32.1 Å². The van der Waals surface area contributed by atoms with Crippen LogP contribution in [-0.2, 0) is 4.74 Å². The molecular formula is C12H18N2O. The molecule has 0 aliphatic carbocycles. The zero-order valence-corrected chi connectivity index (χ0v) is 9.07. The molecule has 2 N–H and O–H groups in total. The second-order valence-corrected chi connectivity index (χ2v) is 3.94. The van der Waals surface area contributed by atoms with Crippen molar-refractivity contribution in [2.24, 2.45) is 5.92 Å². The quantitative estimate of drug-likeness (QED) is 0.780. The summed E-state index contributed by atoms with van der Waals surface area (Å²) in [5, 5.41) is 6.72. The molecule has 82 valence electrons. The molecule has 1 aromatic carbocycles. The highest BCUT2D eigenvalue weighted by Gasteiger charge is 2.26. The van der Waals surface area contributed by atoms with E-state index in [0.29, 0.717) is 12.0 Å². The van der Waals surface area contributed by atoms with Gasteiger partial charge in [0, 0.05) is 24.2 Å². The number of benzene rings is 1. The topological polar surface area (TPSA) is 33.3 Å². The summed E-state index contributed by atoms with van der Waals surface area (Å²) in [4.78, 5) is 0. The van der Waals surface area contributed by atoms with E-state index in [-0.39, 0.29) is 0 Å². The van der Waals surface area contributed by atoms with Crippen molar-refractivity contribution in [3.05, 3.63) is 30.3 Å². The van der Waals surface area contributed by atoms with Crippen molar-refractivity contribution in [3.8, 4) is 0 Å². The molecule has 1 aromatic rings. The zero-order valence-electron chi connectivity index (χ0n) is 9.07. The summed E-state index contributed by atoms with van der Waals surface area (Å²) in [6.07, 6.45) is 0. The molecule has 0 spiro atoms. The molecule has 1 saturated heterocycles. The number of hydrogen-bond donors (Lipinski definition) is 2. The fraction of sp³-hybridized carbons (Fsp3) is 0.500. The average molecular weight is 206 g/mol. The van der Waals surface area contributed by atoms with Gasteiger partial charge in [-0.3, -0.25) is 0 Å². The normalized spacial score (nSPS) is 25.4. The van der Waals surface area contributed by atoms with E-state index >= 15 is 0 Å². The molecule has 2 rings (SSSR count). The Hall–Kier alpha value is -1.06. The molecule has 3 heteroatoms. The summed E-state index contributed by atoms with van der Waals surface area (Å²) >= 11 is 0. The molecule has 0 aromatic heterocycles. The van der Waals surface area contributed by atoms with Crippen molar-refractivity contribution < 1.29 is 4.74 Å². The fourth-order valence-corrected chi connectivity index (χ4v) is 1.92. The summed E-state index contributed by atoms with van der Waals surface area (Å²) in [6, 6.07) is 10.8. The first-order valence-electron chi connectivity index (χ1n) is 5.44. The minimum Gasteiger partial charge on any atom is -0.385 e. The van der Waals surface area contributed by atoms with Crippen LogP contribution in [0.3, 0.4) is 0 Å². The smallest absolute Gasteiger partial charge is 0.0623 e. The van der Waals surface area contributed by atoms with Crippen LogP contribution in [0.15, 0.2) is 30.3 Å². The van der Waals surface area contributed by atoms with E-state index in [4.69, 9.17) is 4.74 Å². The molecular weight excluding hydrogens is 188 g/mol. The van der Waals surface area contributed by atoms with E-state index in [1.165, 1.54) is 5.69 Å². The predicted octanol–water partition coefficient (Wildman–Crippen LogP) is 1.33. The number of anilines is 1. The first-order valence-corrected chi connectivity index (χ1v) is 5.44. The van der Waals surface area contributed by atoms with Crippen LogP contribution in [0.5, 0.6) is 0 Å². The SMILES string of the molecule is CNC1COCC1CNc1ccccc1. The molecule has 0 bridgehead atoms. The summed E-state index contributed by atoms with van der Waals surface area (Å²) in [7, 11) is 1.99. The third-order valence-corrected chi connectivity index (χ3v) is 2.91. The lowest BCUT2D eigenvalue weighted by molar-refractivity contribution is 0.184. The monoisotopic (exact) mass is 206 g/mol. The van der Waals surface area contributed by atoms with Crippen LogP contribution in [-0.4, -0.2) is 32.8 Å². The first-order chi connectivity index (χ1) is 7.40. The highest BCUT2D eigenvalue weighted by atomic mass is 16.5. The van der Waals surface area contributed by atoms with Crippen LogP contribution >= 0.6 is 0 Å². The van der Waals surface area contributed by atoms with E-state index in [0.717, 1.165) is 19.8 Å².